The summed E-state index contributed by atoms with van der Waals surface area (Å²) >= 11 is 1.69. The van der Waals surface area contributed by atoms with Gasteiger partial charge < -0.3 is 10.1 Å². The molecule has 0 unspecified atom stereocenters. The Hall–Kier alpha value is -2.01. The number of benzene rings is 1. The van der Waals surface area contributed by atoms with E-state index in [1.165, 1.54) is 11.0 Å². The predicted octanol–water partition coefficient (Wildman–Crippen LogP) is 2.90. The second-order valence-corrected chi connectivity index (χ2v) is 4.46. The molecule has 0 aliphatic rings. The largest absolute Gasteiger partial charge is 0.478 e. The van der Waals surface area contributed by atoms with Crippen molar-refractivity contribution >= 4 is 23.8 Å². The van der Waals surface area contributed by atoms with E-state index in [1.807, 2.05) is 30.5 Å². The number of aromatic amines is 1. The van der Waals surface area contributed by atoms with Crippen LogP contribution in [0.3, 0.4) is 0 Å². The first-order chi connectivity index (χ1) is 8.69. The third-order valence-corrected chi connectivity index (χ3v) is 3.12. The van der Waals surface area contributed by atoms with Crippen LogP contribution in [0.4, 0.5) is 0 Å². The second-order valence-electron chi connectivity index (χ2n) is 3.58. The molecule has 4 nitrogen and oxygen atoms in total. The van der Waals surface area contributed by atoms with Gasteiger partial charge in [-0.3, -0.25) is 0 Å². The topological polar surface area (TPSA) is 66.0 Å². The molecule has 1 aromatic heterocycles. The Bertz CT molecular complexity index is 573. The van der Waals surface area contributed by atoms with Crippen LogP contribution < -0.4 is 0 Å². The Morgan fingerprint density at radius 2 is 2.11 bits per heavy atom. The van der Waals surface area contributed by atoms with E-state index in [4.69, 9.17) is 5.11 Å². The maximum absolute atomic E-state index is 10.4. The van der Waals surface area contributed by atoms with Gasteiger partial charge in [-0.15, -0.1) is 11.8 Å². The number of hydrogen-bond acceptors (Lipinski definition) is 3. The fourth-order valence-corrected chi connectivity index (χ4v) is 1.90. The maximum Gasteiger partial charge on any atom is 0.328 e. The normalized spacial score (nSPS) is 10.9. The van der Waals surface area contributed by atoms with Crippen LogP contribution in [0.15, 0.2) is 41.4 Å². The van der Waals surface area contributed by atoms with Gasteiger partial charge in [0, 0.05) is 11.0 Å². The van der Waals surface area contributed by atoms with Gasteiger partial charge >= 0.3 is 5.97 Å². The SMILES string of the molecule is CSc1ccc(-c2cnc(/C=C/C(=O)O)[nH]2)cc1. The van der Waals surface area contributed by atoms with Crippen molar-refractivity contribution < 1.29 is 9.90 Å². The summed E-state index contributed by atoms with van der Waals surface area (Å²) in [6.07, 6.45) is 6.21. The van der Waals surface area contributed by atoms with Crippen molar-refractivity contribution in [1.29, 1.82) is 0 Å². The van der Waals surface area contributed by atoms with Crippen LogP contribution in [0.1, 0.15) is 5.82 Å². The van der Waals surface area contributed by atoms with Crippen LogP contribution in [-0.4, -0.2) is 27.3 Å². The van der Waals surface area contributed by atoms with Crippen LogP contribution in [-0.2, 0) is 4.79 Å². The number of imidazole rings is 1. The Kier molecular flexibility index (Phi) is 3.84. The third kappa shape index (κ3) is 3.01. The summed E-state index contributed by atoms with van der Waals surface area (Å²) in [5.74, 6) is -0.460. The molecule has 1 heterocycles. The molecule has 2 N–H and O–H groups in total. The predicted molar refractivity (Wildman–Crippen MR) is 72.5 cm³/mol. The number of carboxylic acids is 1. The lowest BCUT2D eigenvalue weighted by Gasteiger charge is -1.99. The summed E-state index contributed by atoms with van der Waals surface area (Å²) in [6, 6.07) is 8.08. The Morgan fingerprint density at radius 1 is 1.39 bits per heavy atom. The average Bonchev–Trinajstić information content (AvgIpc) is 2.85. The van der Waals surface area contributed by atoms with Gasteiger partial charge in [-0.05, 0) is 30.0 Å². The highest BCUT2D eigenvalue weighted by molar-refractivity contribution is 7.98. The first kappa shape index (κ1) is 12.4. The van der Waals surface area contributed by atoms with Crippen molar-refractivity contribution in [2.75, 3.05) is 6.26 Å². The highest BCUT2D eigenvalue weighted by atomic mass is 32.2. The van der Waals surface area contributed by atoms with E-state index in [0.717, 1.165) is 17.3 Å². The molecule has 18 heavy (non-hydrogen) atoms. The average molecular weight is 260 g/mol. The zero-order valence-electron chi connectivity index (χ0n) is 9.75. The summed E-state index contributed by atoms with van der Waals surface area (Å²) in [7, 11) is 0. The molecule has 2 rings (SSSR count). The maximum atomic E-state index is 10.4. The third-order valence-electron chi connectivity index (χ3n) is 2.38. The lowest BCUT2D eigenvalue weighted by atomic mass is 10.2. The van der Waals surface area contributed by atoms with Gasteiger partial charge in [0.15, 0.2) is 0 Å². The summed E-state index contributed by atoms with van der Waals surface area (Å²) in [5.41, 5.74) is 1.89. The lowest BCUT2D eigenvalue weighted by molar-refractivity contribution is -0.131. The minimum Gasteiger partial charge on any atom is -0.478 e. The number of carbonyl (C=O) groups is 1. The summed E-state index contributed by atoms with van der Waals surface area (Å²) in [5, 5.41) is 8.53. The summed E-state index contributed by atoms with van der Waals surface area (Å²) < 4.78 is 0. The van der Waals surface area contributed by atoms with Crippen LogP contribution in [0, 0.1) is 0 Å². The molecule has 0 saturated carbocycles. The zero-order chi connectivity index (χ0) is 13.0. The number of nitrogens with one attached hydrogen (secondary N) is 1. The molecule has 1 aromatic carbocycles. The fraction of sp³-hybridized carbons (Fsp3) is 0.0769. The first-order valence-corrected chi connectivity index (χ1v) is 6.52. The molecule has 5 heteroatoms. The molecule has 0 amide bonds. The van der Waals surface area contributed by atoms with Gasteiger partial charge in [0.05, 0.1) is 11.9 Å². The van der Waals surface area contributed by atoms with Crippen LogP contribution in [0.2, 0.25) is 0 Å². The number of nitrogens with zero attached hydrogens (tertiary/aromatic N) is 1. The van der Waals surface area contributed by atoms with E-state index in [2.05, 4.69) is 9.97 Å². The molecule has 0 saturated heterocycles. The van der Waals surface area contributed by atoms with Crippen LogP contribution in [0.25, 0.3) is 17.3 Å². The van der Waals surface area contributed by atoms with E-state index >= 15 is 0 Å². The molecule has 0 atom stereocenters. The molecule has 92 valence electrons. The number of thioether (sulfide) groups is 1. The van der Waals surface area contributed by atoms with Crippen LogP contribution in [0.5, 0.6) is 0 Å². The van der Waals surface area contributed by atoms with Crippen molar-refractivity contribution in [3.8, 4) is 11.3 Å². The number of hydrogen-bond donors (Lipinski definition) is 2. The van der Waals surface area contributed by atoms with Crippen molar-refractivity contribution in [2.24, 2.45) is 0 Å². The Balaban J connectivity index is 2.20. The highest BCUT2D eigenvalue weighted by Gasteiger charge is 2.01. The minimum absolute atomic E-state index is 0.529. The van der Waals surface area contributed by atoms with Gasteiger partial charge in [-0.2, -0.15) is 0 Å². The monoisotopic (exact) mass is 260 g/mol. The van der Waals surface area contributed by atoms with Gasteiger partial charge in [0.25, 0.3) is 0 Å². The molecular formula is C13H12N2O2S. The molecule has 0 aliphatic carbocycles. The summed E-state index contributed by atoms with van der Waals surface area (Å²) in [4.78, 5) is 18.7. The number of H-pyrrole nitrogens is 1. The van der Waals surface area contributed by atoms with E-state index in [-0.39, 0.29) is 0 Å². The molecule has 0 fully saturated rings. The van der Waals surface area contributed by atoms with Crippen molar-refractivity contribution in [3.05, 3.63) is 42.4 Å². The Morgan fingerprint density at radius 3 is 2.72 bits per heavy atom. The molecule has 0 radical (unpaired) electrons. The number of aliphatic carboxylic acids is 1. The quantitative estimate of drug-likeness (QED) is 0.655. The van der Waals surface area contributed by atoms with Gasteiger partial charge in [-0.25, -0.2) is 9.78 Å². The zero-order valence-corrected chi connectivity index (χ0v) is 10.6. The van der Waals surface area contributed by atoms with E-state index in [1.54, 1.807) is 18.0 Å². The molecular weight excluding hydrogens is 248 g/mol. The first-order valence-electron chi connectivity index (χ1n) is 5.29. The number of carboxylic acid groups (broad SMARTS) is 1. The van der Waals surface area contributed by atoms with Crippen molar-refractivity contribution in [3.63, 3.8) is 0 Å². The smallest absolute Gasteiger partial charge is 0.328 e. The van der Waals surface area contributed by atoms with Crippen molar-refractivity contribution in [1.82, 2.24) is 9.97 Å². The molecule has 2 aromatic rings. The summed E-state index contributed by atoms with van der Waals surface area (Å²) in [6.45, 7) is 0. The Labute approximate surface area is 109 Å². The van der Waals surface area contributed by atoms with Crippen LogP contribution >= 0.6 is 11.8 Å². The standard InChI is InChI=1S/C13H12N2O2S/c1-18-10-4-2-9(3-5-10)11-8-14-12(15-11)6-7-13(16)17/h2-8H,1H3,(H,14,15)(H,16,17)/b7-6+. The fourth-order valence-electron chi connectivity index (χ4n) is 1.49. The van der Waals surface area contributed by atoms with Gasteiger partial charge in [0.1, 0.15) is 5.82 Å². The number of rotatable bonds is 4. The minimum atomic E-state index is -0.989. The van der Waals surface area contributed by atoms with Gasteiger partial charge in [0.2, 0.25) is 0 Å². The highest BCUT2D eigenvalue weighted by Crippen LogP contribution is 2.21. The van der Waals surface area contributed by atoms with Gasteiger partial charge in [-0.1, -0.05) is 12.1 Å². The van der Waals surface area contributed by atoms with Crippen molar-refractivity contribution in [2.45, 2.75) is 4.90 Å². The second kappa shape index (κ2) is 5.55. The number of aromatic nitrogens is 2. The molecule has 0 aliphatic heterocycles. The molecule has 0 spiro atoms. The van der Waals surface area contributed by atoms with E-state index < -0.39 is 5.97 Å². The molecule has 0 bridgehead atoms. The van der Waals surface area contributed by atoms with E-state index in [9.17, 15) is 4.79 Å². The van der Waals surface area contributed by atoms with E-state index in [0.29, 0.717) is 5.82 Å². The lowest BCUT2D eigenvalue weighted by Crippen LogP contribution is -1.86.